The highest BCUT2D eigenvalue weighted by Gasteiger charge is 2.32. The molecule has 2 aliphatic heterocycles. The third-order valence-corrected chi connectivity index (χ3v) is 3.13. The van der Waals surface area contributed by atoms with E-state index >= 15 is 0 Å². The molecule has 2 saturated heterocycles. The normalized spacial score (nSPS) is 39.5. The summed E-state index contributed by atoms with van der Waals surface area (Å²) < 4.78 is 0. The molecule has 0 radical (unpaired) electrons. The Morgan fingerprint density at radius 1 is 1.33 bits per heavy atom. The van der Waals surface area contributed by atoms with Gasteiger partial charge in [0.25, 0.3) is 0 Å². The lowest BCUT2D eigenvalue weighted by Gasteiger charge is -2.45. The summed E-state index contributed by atoms with van der Waals surface area (Å²) in [7, 11) is 0. The summed E-state index contributed by atoms with van der Waals surface area (Å²) in [6, 6.07) is 1.36. The van der Waals surface area contributed by atoms with E-state index < -0.39 is 0 Å². The van der Waals surface area contributed by atoms with Gasteiger partial charge in [-0.25, -0.2) is 0 Å². The van der Waals surface area contributed by atoms with Crippen molar-refractivity contribution in [3.63, 3.8) is 0 Å². The molecule has 0 unspecified atom stereocenters. The third-order valence-electron chi connectivity index (χ3n) is 3.13. The van der Waals surface area contributed by atoms with Crippen LogP contribution in [-0.4, -0.2) is 47.8 Å². The predicted octanol–water partition coefficient (Wildman–Crippen LogP) is -0.197. The van der Waals surface area contributed by atoms with Gasteiger partial charge in [-0.2, -0.15) is 0 Å². The average Bonchev–Trinajstić information content (AvgIpc) is 1.93. The van der Waals surface area contributed by atoms with Gasteiger partial charge in [-0.05, 0) is 19.8 Å². The lowest BCUT2D eigenvalue weighted by Crippen LogP contribution is -2.62. The van der Waals surface area contributed by atoms with E-state index in [0.717, 1.165) is 32.5 Å². The zero-order valence-corrected chi connectivity index (χ0v) is 7.66. The zero-order chi connectivity index (χ0) is 8.55. The van der Waals surface area contributed by atoms with Crippen LogP contribution in [0.1, 0.15) is 19.8 Å². The van der Waals surface area contributed by atoms with Gasteiger partial charge in [0.05, 0.1) is 6.10 Å². The van der Waals surface area contributed by atoms with Crippen molar-refractivity contribution in [1.82, 2.24) is 10.2 Å². The van der Waals surface area contributed by atoms with E-state index in [1.807, 2.05) is 0 Å². The Morgan fingerprint density at radius 3 is 2.67 bits per heavy atom. The minimum absolute atomic E-state index is 0.0817. The quantitative estimate of drug-likeness (QED) is 0.572. The van der Waals surface area contributed by atoms with Crippen molar-refractivity contribution >= 4 is 0 Å². The van der Waals surface area contributed by atoms with Crippen LogP contribution in [0.3, 0.4) is 0 Å². The van der Waals surface area contributed by atoms with Crippen molar-refractivity contribution in [2.75, 3.05) is 19.6 Å². The first kappa shape index (κ1) is 8.48. The summed E-state index contributed by atoms with van der Waals surface area (Å²) in [5.74, 6) is 0. The second-order valence-corrected chi connectivity index (χ2v) is 4.09. The molecule has 0 aromatic rings. The van der Waals surface area contributed by atoms with Gasteiger partial charge in [-0.15, -0.1) is 0 Å². The number of likely N-dealkylation sites (tertiary alicyclic amines) is 1. The van der Waals surface area contributed by atoms with Crippen LogP contribution in [0, 0.1) is 0 Å². The molecule has 2 heterocycles. The van der Waals surface area contributed by atoms with Gasteiger partial charge in [-0.1, -0.05) is 0 Å². The van der Waals surface area contributed by atoms with Gasteiger partial charge in [0.15, 0.2) is 0 Å². The molecule has 0 aromatic heterocycles. The van der Waals surface area contributed by atoms with Gasteiger partial charge < -0.3 is 10.4 Å². The van der Waals surface area contributed by atoms with Gasteiger partial charge in [0.1, 0.15) is 0 Å². The third kappa shape index (κ3) is 1.49. The number of aliphatic hydroxyl groups excluding tert-OH is 1. The Bertz CT molecular complexity index is 157. The monoisotopic (exact) mass is 170 g/mol. The first-order chi connectivity index (χ1) is 5.77. The van der Waals surface area contributed by atoms with Crippen LogP contribution < -0.4 is 5.32 Å². The highest BCUT2D eigenvalue weighted by molar-refractivity contribution is 4.90. The van der Waals surface area contributed by atoms with E-state index in [-0.39, 0.29) is 6.10 Å². The molecule has 0 bridgehead atoms. The molecule has 2 fully saturated rings. The number of nitrogens with one attached hydrogen (secondary N) is 1. The maximum absolute atomic E-state index is 9.50. The van der Waals surface area contributed by atoms with Crippen LogP contribution in [0.25, 0.3) is 0 Å². The number of hydrogen-bond acceptors (Lipinski definition) is 3. The smallest absolute Gasteiger partial charge is 0.0668 e. The van der Waals surface area contributed by atoms with E-state index in [0.29, 0.717) is 12.1 Å². The van der Waals surface area contributed by atoms with Crippen LogP contribution in [0.2, 0.25) is 0 Å². The van der Waals surface area contributed by atoms with Crippen molar-refractivity contribution in [3.05, 3.63) is 0 Å². The molecule has 2 atom stereocenters. The maximum atomic E-state index is 9.50. The summed E-state index contributed by atoms with van der Waals surface area (Å²) in [4.78, 5) is 2.45. The molecule has 70 valence electrons. The van der Waals surface area contributed by atoms with Crippen molar-refractivity contribution in [1.29, 1.82) is 0 Å². The molecule has 2 N–H and O–H groups in total. The lowest BCUT2D eigenvalue weighted by atomic mass is 9.97. The second kappa shape index (κ2) is 3.32. The molecular weight excluding hydrogens is 152 g/mol. The number of piperidine rings is 1. The Hall–Kier alpha value is -0.120. The largest absolute Gasteiger partial charge is 0.392 e. The number of nitrogens with zero attached hydrogens (tertiary/aromatic N) is 1. The SMILES string of the molecule is C[C@H]1CC[C@H](O)CN1C1CNC1. The molecule has 2 rings (SSSR count). The topological polar surface area (TPSA) is 35.5 Å². The van der Waals surface area contributed by atoms with E-state index in [9.17, 15) is 5.11 Å². The van der Waals surface area contributed by atoms with Crippen LogP contribution in [0.4, 0.5) is 0 Å². The van der Waals surface area contributed by atoms with E-state index in [2.05, 4.69) is 17.1 Å². The zero-order valence-electron chi connectivity index (χ0n) is 7.66. The lowest BCUT2D eigenvalue weighted by molar-refractivity contribution is 0.000748. The fraction of sp³-hybridized carbons (Fsp3) is 1.00. The van der Waals surface area contributed by atoms with Crippen LogP contribution >= 0.6 is 0 Å². The fourth-order valence-corrected chi connectivity index (χ4v) is 2.13. The number of β-amino-alcohol motifs (C(OH)–C–C–N with tert-alkyl or cyclic N) is 1. The standard InChI is InChI=1S/C9H18N2O/c1-7-2-3-9(12)6-11(7)8-4-10-5-8/h7-10,12H,2-6H2,1H3/t7-,9-/m0/s1. The van der Waals surface area contributed by atoms with Crippen molar-refractivity contribution in [2.45, 2.75) is 38.0 Å². The Balaban J connectivity index is 1.91. The summed E-state index contributed by atoms with van der Waals surface area (Å²) in [6.07, 6.45) is 2.05. The Labute approximate surface area is 73.8 Å². The second-order valence-electron chi connectivity index (χ2n) is 4.09. The Kier molecular flexibility index (Phi) is 2.35. The molecule has 0 amide bonds. The molecule has 0 spiro atoms. The number of rotatable bonds is 1. The predicted molar refractivity (Wildman–Crippen MR) is 48.1 cm³/mol. The summed E-state index contributed by atoms with van der Waals surface area (Å²) in [5.41, 5.74) is 0. The van der Waals surface area contributed by atoms with E-state index in [1.54, 1.807) is 0 Å². The molecule has 0 aromatic carbocycles. The molecule has 3 nitrogen and oxygen atoms in total. The average molecular weight is 170 g/mol. The van der Waals surface area contributed by atoms with Crippen LogP contribution in [-0.2, 0) is 0 Å². The minimum atomic E-state index is -0.0817. The first-order valence-electron chi connectivity index (χ1n) is 4.92. The molecular formula is C9H18N2O. The molecule has 12 heavy (non-hydrogen) atoms. The van der Waals surface area contributed by atoms with Gasteiger partial charge in [0, 0.05) is 31.7 Å². The molecule has 2 aliphatic rings. The van der Waals surface area contributed by atoms with E-state index in [4.69, 9.17) is 0 Å². The number of hydrogen-bond donors (Lipinski definition) is 2. The van der Waals surface area contributed by atoms with Gasteiger partial charge >= 0.3 is 0 Å². The van der Waals surface area contributed by atoms with Crippen LogP contribution in [0.5, 0.6) is 0 Å². The van der Waals surface area contributed by atoms with Crippen molar-refractivity contribution in [2.24, 2.45) is 0 Å². The fourth-order valence-electron chi connectivity index (χ4n) is 2.13. The van der Waals surface area contributed by atoms with Crippen LogP contribution in [0.15, 0.2) is 0 Å². The first-order valence-corrected chi connectivity index (χ1v) is 4.92. The van der Waals surface area contributed by atoms with Crippen molar-refractivity contribution in [3.8, 4) is 0 Å². The summed E-state index contributed by atoms with van der Waals surface area (Å²) in [5, 5.41) is 12.8. The van der Waals surface area contributed by atoms with Gasteiger partial charge in [-0.3, -0.25) is 4.90 Å². The highest BCUT2D eigenvalue weighted by atomic mass is 16.3. The molecule has 3 heteroatoms. The van der Waals surface area contributed by atoms with Crippen molar-refractivity contribution < 1.29 is 5.11 Å². The van der Waals surface area contributed by atoms with E-state index in [1.165, 1.54) is 0 Å². The maximum Gasteiger partial charge on any atom is 0.0668 e. The van der Waals surface area contributed by atoms with Gasteiger partial charge in [0.2, 0.25) is 0 Å². The summed E-state index contributed by atoms with van der Waals surface area (Å²) in [6.45, 7) is 5.37. The minimum Gasteiger partial charge on any atom is -0.392 e. The highest BCUT2D eigenvalue weighted by Crippen LogP contribution is 2.20. The summed E-state index contributed by atoms with van der Waals surface area (Å²) >= 11 is 0. The number of aliphatic hydroxyl groups is 1. The Morgan fingerprint density at radius 2 is 2.08 bits per heavy atom. The molecule has 0 saturated carbocycles. The molecule has 0 aliphatic carbocycles.